The Labute approximate surface area is 232 Å². The van der Waals surface area contributed by atoms with E-state index in [9.17, 15) is 29.4 Å². The molecule has 7 heteroatoms. The predicted octanol–water partition coefficient (Wildman–Crippen LogP) is 4.53. The second kappa shape index (κ2) is 9.20. The van der Waals surface area contributed by atoms with E-state index >= 15 is 0 Å². The summed E-state index contributed by atoms with van der Waals surface area (Å²) < 4.78 is 4.75. The molecule has 216 valence electrons. The van der Waals surface area contributed by atoms with Crippen molar-refractivity contribution in [2.45, 2.75) is 106 Å². The number of fused-ring (bicyclic) bond motifs is 4. The van der Waals surface area contributed by atoms with Gasteiger partial charge in [-0.15, -0.1) is 0 Å². The van der Waals surface area contributed by atoms with Crippen molar-refractivity contribution in [3.63, 3.8) is 0 Å². The van der Waals surface area contributed by atoms with Gasteiger partial charge in [0.2, 0.25) is 0 Å². The number of ketones is 3. The molecule has 39 heavy (non-hydrogen) atoms. The number of esters is 1. The molecule has 0 spiro atoms. The normalized spacial score (nSPS) is 42.4. The van der Waals surface area contributed by atoms with Crippen molar-refractivity contribution < 1.29 is 34.1 Å². The molecule has 0 bridgehead atoms. The highest BCUT2D eigenvalue weighted by molar-refractivity contribution is 6.11. The van der Waals surface area contributed by atoms with Gasteiger partial charge in [-0.3, -0.25) is 19.2 Å². The van der Waals surface area contributed by atoms with E-state index in [0.717, 1.165) is 5.57 Å². The molecule has 0 heterocycles. The van der Waals surface area contributed by atoms with Crippen LogP contribution in [-0.4, -0.2) is 52.8 Å². The van der Waals surface area contributed by atoms with Gasteiger partial charge in [-0.1, -0.05) is 54.0 Å². The van der Waals surface area contributed by atoms with Gasteiger partial charge in [0.25, 0.3) is 0 Å². The summed E-state index contributed by atoms with van der Waals surface area (Å²) in [5, 5.41) is 22.6. The van der Waals surface area contributed by atoms with Crippen molar-refractivity contribution in [1.82, 2.24) is 0 Å². The van der Waals surface area contributed by atoms with Gasteiger partial charge in [-0.05, 0) is 54.4 Å². The van der Waals surface area contributed by atoms with Crippen LogP contribution in [0.25, 0.3) is 0 Å². The molecule has 4 rings (SSSR count). The summed E-state index contributed by atoms with van der Waals surface area (Å²) in [6, 6.07) is 0. The summed E-state index contributed by atoms with van der Waals surface area (Å²) in [6.45, 7) is 15.5. The minimum atomic E-state index is -0.978. The average molecular weight is 543 g/mol. The van der Waals surface area contributed by atoms with Gasteiger partial charge in [0.15, 0.2) is 17.3 Å². The third kappa shape index (κ3) is 3.82. The Morgan fingerprint density at radius 2 is 1.64 bits per heavy atom. The first-order valence-electron chi connectivity index (χ1n) is 14.3. The molecule has 0 aromatic carbocycles. The van der Waals surface area contributed by atoms with Gasteiger partial charge >= 0.3 is 5.97 Å². The Morgan fingerprint density at radius 3 is 2.23 bits per heavy atom. The summed E-state index contributed by atoms with van der Waals surface area (Å²) >= 11 is 0. The quantitative estimate of drug-likeness (QED) is 0.387. The number of carbonyl (C=O) groups excluding carboxylic acids is 4. The fourth-order valence-electron chi connectivity index (χ4n) is 9.17. The molecule has 2 N–H and O–H groups in total. The third-order valence-electron chi connectivity index (χ3n) is 12.3. The standard InChI is InChI=1S/C32H46O7/c1-17(27(38)39-9)12-19(33)13-18(2)30(6)16-24(37)32(8)26-20(34)14-22-28(3,4)23(36)10-11-29(22,5)25(26)21(35)15-31(30,32)7/h13,17,22-24,36-37H,10-12,14-16H2,1-9H3/b18-13-/t17-,22-,23-,24-,29-,30+,31+,32-/m0/s1. The second-order valence-electron chi connectivity index (χ2n) is 14.3. The summed E-state index contributed by atoms with van der Waals surface area (Å²) in [5.41, 5.74) is -1.83. The molecule has 0 unspecified atom stereocenters. The number of aliphatic hydroxyl groups excluding tert-OH is 2. The molecular weight excluding hydrogens is 496 g/mol. The van der Waals surface area contributed by atoms with E-state index in [4.69, 9.17) is 4.74 Å². The maximum atomic E-state index is 14.2. The lowest BCUT2D eigenvalue weighted by Crippen LogP contribution is -2.60. The molecule has 0 aromatic rings. The highest BCUT2D eigenvalue weighted by Crippen LogP contribution is 2.74. The van der Waals surface area contributed by atoms with Crippen molar-refractivity contribution >= 4 is 23.3 Å². The molecule has 4 aliphatic rings. The van der Waals surface area contributed by atoms with E-state index in [-0.39, 0.29) is 42.5 Å². The third-order valence-corrected chi connectivity index (χ3v) is 12.3. The topological polar surface area (TPSA) is 118 Å². The monoisotopic (exact) mass is 542 g/mol. The number of carbonyl (C=O) groups is 4. The molecule has 2 saturated carbocycles. The lowest BCUT2D eigenvalue weighted by Gasteiger charge is -2.61. The molecule has 0 aromatic heterocycles. The van der Waals surface area contributed by atoms with Crippen LogP contribution in [0.1, 0.15) is 93.9 Å². The number of hydrogen-bond acceptors (Lipinski definition) is 7. The van der Waals surface area contributed by atoms with Crippen molar-refractivity contribution in [1.29, 1.82) is 0 Å². The summed E-state index contributed by atoms with van der Waals surface area (Å²) in [5.74, 6) is -1.58. The van der Waals surface area contributed by atoms with E-state index in [0.29, 0.717) is 30.4 Å². The average Bonchev–Trinajstić information content (AvgIpc) is 3.00. The van der Waals surface area contributed by atoms with Crippen molar-refractivity contribution in [2.75, 3.05) is 7.11 Å². The van der Waals surface area contributed by atoms with Crippen LogP contribution >= 0.6 is 0 Å². The lowest BCUT2D eigenvalue weighted by molar-refractivity contribution is -0.146. The second-order valence-corrected chi connectivity index (χ2v) is 14.3. The first-order chi connectivity index (χ1) is 17.8. The van der Waals surface area contributed by atoms with Crippen molar-refractivity contribution in [2.24, 2.45) is 38.9 Å². The Kier molecular flexibility index (Phi) is 7.04. The van der Waals surface area contributed by atoms with Crippen LogP contribution in [0.15, 0.2) is 22.8 Å². The van der Waals surface area contributed by atoms with Crippen LogP contribution in [0.3, 0.4) is 0 Å². The van der Waals surface area contributed by atoms with Crippen LogP contribution in [0.2, 0.25) is 0 Å². The number of ether oxygens (including phenoxy) is 1. The zero-order valence-electron chi connectivity index (χ0n) is 25.1. The molecule has 0 aliphatic heterocycles. The van der Waals surface area contributed by atoms with Crippen molar-refractivity contribution in [3.8, 4) is 0 Å². The SMILES string of the molecule is COC(=O)[C@@H](C)CC(=O)/C=C(/C)[C@@]1(C)C[C@H](O)[C@@]2(C)C3=C(C(=O)C[C@]12C)[C@@]1(C)CC[C@H](O)C(C)(C)[C@@H]1CC3=O. The number of Topliss-reactive ketones (excluding diaryl/α,β-unsaturated/α-hetero) is 2. The van der Waals surface area contributed by atoms with Gasteiger partial charge in [0.1, 0.15) is 0 Å². The first kappa shape index (κ1) is 29.9. The van der Waals surface area contributed by atoms with E-state index in [1.165, 1.54) is 7.11 Å². The van der Waals surface area contributed by atoms with Crippen LogP contribution in [0.5, 0.6) is 0 Å². The minimum Gasteiger partial charge on any atom is -0.469 e. The fourth-order valence-corrected chi connectivity index (χ4v) is 9.17. The van der Waals surface area contributed by atoms with E-state index < -0.39 is 51.2 Å². The summed E-state index contributed by atoms with van der Waals surface area (Å²) in [4.78, 5) is 53.1. The smallest absolute Gasteiger partial charge is 0.308 e. The number of aliphatic hydroxyl groups is 2. The zero-order chi connectivity index (χ0) is 29.5. The lowest BCUT2D eigenvalue weighted by atomic mass is 9.41. The van der Waals surface area contributed by atoms with E-state index in [1.54, 1.807) is 13.0 Å². The van der Waals surface area contributed by atoms with E-state index in [1.807, 2.05) is 41.5 Å². The van der Waals surface area contributed by atoms with Crippen LogP contribution in [-0.2, 0) is 23.9 Å². The first-order valence-corrected chi connectivity index (χ1v) is 14.3. The molecule has 8 atom stereocenters. The maximum absolute atomic E-state index is 14.2. The van der Waals surface area contributed by atoms with Gasteiger partial charge in [-0.25, -0.2) is 0 Å². The Bertz CT molecular complexity index is 1190. The Balaban J connectivity index is 1.82. The van der Waals surface area contributed by atoms with E-state index in [2.05, 4.69) is 6.92 Å². The van der Waals surface area contributed by atoms with Gasteiger partial charge in [0.05, 0.1) is 25.2 Å². The molecule has 0 amide bonds. The fraction of sp³-hybridized carbons (Fsp3) is 0.750. The molecular formula is C32H46O7. The van der Waals surface area contributed by atoms with Crippen LogP contribution < -0.4 is 0 Å². The molecule has 4 aliphatic carbocycles. The van der Waals surface area contributed by atoms with Crippen LogP contribution in [0, 0.1) is 38.9 Å². The number of allylic oxidation sites excluding steroid dienone is 3. The number of rotatable bonds is 5. The van der Waals surface area contributed by atoms with Crippen molar-refractivity contribution in [3.05, 3.63) is 22.8 Å². The maximum Gasteiger partial charge on any atom is 0.308 e. The highest BCUT2D eigenvalue weighted by atomic mass is 16.5. The largest absolute Gasteiger partial charge is 0.469 e. The van der Waals surface area contributed by atoms with Gasteiger partial charge in [-0.2, -0.15) is 0 Å². The molecule has 0 saturated heterocycles. The zero-order valence-corrected chi connectivity index (χ0v) is 25.1. The molecule has 2 fully saturated rings. The highest BCUT2D eigenvalue weighted by Gasteiger charge is 2.73. The summed E-state index contributed by atoms with van der Waals surface area (Å²) in [7, 11) is 1.29. The molecule has 7 nitrogen and oxygen atoms in total. The van der Waals surface area contributed by atoms with Crippen LogP contribution in [0.4, 0.5) is 0 Å². The number of hydrogen-bond donors (Lipinski definition) is 2. The van der Waals surface area contributed by atoms with Gasteiger partial charge < -0.3 is 14.9 Å². The van der Waals surface area contributed by atoms with Gasteiger partial charge in [0, 0.05) is 41.2 Å². The molecule has 0 radical (unpaired) electrons. The Morgan fingerprint density at radius 1 is 1.03 bits per heavy atom. The minimum absolute atomic E-state index is 0.00469. The Hall–Kier alpha value is -2.12. The summed E-state index contributed by atoms with van der Waals surface area (Å²) in [6.07, 6.45) is 2.00. The predicted molar refractivity (Wildman–Crippen MR) is 146 cm³/mol. The number of methoxy groups -OCH3 is 1.